The number of piperidine rings is 1. The van der Waals surface area contributed by atoms with Gasteiger partial charge < -0.3 is 0 Å². The smallest absolute Gasteiger partial charge is 0.217 e. The average Bonchev–Trinajstić information content (AvgIpc) is 2.86. The summed E-state index contributed by atoms with van der Waals surface area (Å²) >= 11 is 0. The Bertz CT molecular complexity index is 558. The maximum absolute atomic E-state index is 12.3. The predicted molar refractivity (Wildman–Crippen MR) is 79.1 cm³/mol. The fraction of sp³-hybridized carbons (Fsp3) is 0.769. The van der Waals surface area contributed by atoms with Crippen molar-refractivity contribution in [2.45, 2.75) is 31.2 Å². The van der Waals surface area contributed by atoms with E-state index in [0.717, 1.165) is 18.5 Å². The van der Waals surface area contributed by atoms with Gasteiger partial charge in [-0.05, 0) is 19.4 Å². The van der Waals surface area contributed by atoms with Crippen molar-refractivity contribution in [3.05, 3.63) is 18.0 Å². The molecule has 1 aliphatic heterocycles. The molecule has 1 aromatic heterocycles. The number of halogens is 1. The summed E-state index contributed by atoms with van der Waals surface area (Å²) < 4.78 is 39.6. The van der Waals surface area contributed by atoms with E-state index in [0.29, 0.717) is 19.5 Å². The largest absolute Gasteiger partial charge is 0.298 e. The Balaban J connectivity index is 1.98. The molecule has 0 N–H and O–H groups in total. The van der Waals surface area contributed by atoms with Crippen LogP contribution in [0.1, 0.15) is 18.4 Å². The molecule has 1 atom stereocenters. The van der Waals surface area contributed by atoms with Gasteiger partial charge in [0.1, 0.15) is 6.67 Å². The standard InChI is InChI=1S/C13H23FN4O2S/c1-16(2)21(19,20)13-4-3-6-17(11-13)9-12-8-15-18(10-12)7-5-14/h8,10,13H,3-7,9,11H2,1-2H3. The second-order valence-electron chi connectivity index (χ2n) is 5.63. The van der Waals surface area contributed by atoms with Gasteiger partial charge in [0, 0.05) is 38.9 Å². The van der Waals surface area contributed by atoms with Crippen LogP contribution >= 0.6 is 0 Å². The molecule has 1 fully saturated rings. The van der Waals surface area contributed by atoms with E-state index in [2.05, 4.69) is 10.00 Å². The summed E-state index contributed by atoms with van der Waals surface area (Å²) in [5.74, 6) is 0. The number of nitrogens with zero attached hydrogens (tertiary/aromatic N) is 4. The topological polar surface area (TPSA) is 58.4 Å². The zero-order valence-electron chi connectivity index (χ0n) is 12.6. The first kappa shape index (κ1) is 16.4. The lowest BCUT2D eigenvalue weighted by molar-refractivity contribution is 0.220. The molecule has 0 radical (unpaired) electrons. The van der Waals surface area contributed by atoms with Crippen LogP contribution in [0, 0.1) is 0 Å². The minimum absolute atomic E-state index is 0.262. The Kier molecular flexibility index (Phi) is 5.34. The molecule has 0 saturated carbocycles. The van der Waals surface area contributed by atoms with Gasteiger partial charge in [-0.25, -0.2) is 17.1 Å². The molecule has 0 spiro atoms. The van der Waals surface area contributed by atoms with Crippen LogP contribution < -0.4 is 0 Å². The van der Waals surface area contributed by atoms with Gasteiger partial charge in [0.2, 0.25) is 10.0 Å². The van der Waals surface area contributed by atoms with Gasteiger partial charge in [0.05, 0.1) is 18.0 Å². The van der Waals surface area contributed by atoms with E-state index in [4.69, 9.17) is 0 Å². The summed E-state index contributed by atoms with van der Waals surface area (Å²) in [5.41, 5.74) is 0.992. The summed E-state index contributed by atoms with van der Waals surface area (Å²) in [6.07, 6.45) is 5.12. The molecule has 1 unspecified atom stereocenters. The predicted octanol–water partition coefficient (Wildman–Crippen LogP) is 0.708. The lowest BCUT2D eigenvalue weighted by Gasteiger charge is -2.33. The van der Waals surface area contributed by atoms with E-state index in [1.165, 1.54) is 4.31 Å². The molecule has 6 nitrogen and oxygen atoms in total. The van der Waals surface area contributed by atoms with Gasteiger partial charge in [0.25, 0.3) is 0 Å². The fourth-order valence-electron chi connectivity index (χ4n) is 2.65. The molecule has 0 bridgehead atoms. The van der Waals surface area contributed by atoms with Crippen molar-refractivity contribution in [1.29, 1.82) is 0 Å². The highest BCUT2D eigenvalue weighted by Crippen LogP contribution is 2.20. The van der Waals surface area contributed by atoms with Crippen LogP contribution in [0.2, 0.25) is 0 Å². The van der Waals surface area contributed by atoms with E-state index in [-0.39, 0.29) is 11.8 Å². The van der Waals surface area contributed by atoms with Gasteiger partial charge >= 0.3 is 0 Å². The summed E-state index contributed by atoms with van der Waals surface area (Å²) in [4.78, 5) is 2.13. The minimum atomic E-state index is -3.21. The van der Waals surface area contributed by atoms with Crippen molar-refractivity contribution in [2.75, 3.05) is 33.9 Å². The van der Waals surface area contributed by atoms with Gasteiger partial charge in [-0.1, -0.05) is 0 Å². The van der Waals surface area contributed by atoms with E-state index >= 15 is 0 Å². The average molecular weight is 318 g/mol. The molecule has 120 valence electrons. The third-order valence-corrected chi connectivity index (χ3v) is 6.04. The second kappa shape index (κ2) is 6.85. The molecule has 21 heavy (non-hydrogen) atoms. The lowest BCUT2D eigenvalue weighted by Crippen LogP contribution is -2.45. The number of hydrogen-bond donors (Lipinski definition) is 0. The van der Waals surface area contributed by atoms with Crippen LogP contribution in [0.5, 0.6) is 0 Å². The first-order chi connectivity index (χ1) is 9.93. The molecule has 2 heterocycles. The van der Waals surface area contributed by atoms with Crippen LogP contribution in [-0.2, 0) is 23.1 Å². The van der Waals surface area contributed by atoms with Crippen molar-refractivity contribution >= 4 is 10.0 Å². The fourth-order valence-corrected chi connectivity index (χ4v) is 4.11. The molecule has 1 aromatic rings. The maximum Gasteiger partial charge on any atom is 0.217 e. The Morgan fingerprint density at radius 1 is 1.48 bits per heavy atom. The van der Waals surface area contributed by atoms with E-state index in [1.54, 1.807) is 25.0 Å². The zero-order valence-corrected chi connectivity index (χ0v) is 13.4. The maximum atomic E-state index is 12.3. The van der Waals surface area contributed by atoms with Crippen molar-refractivity contribution < 1.29 is 12.8 Å². The highest BCUT2D eigenvalue weighted by atomic mass is 32.2. The van der Waals surface area contributed by atoms with E-state index < -0.39 is 16.7 Å². The number of rotatable bonds is 6. The number of hydrogen-bond acceptors (Lipinski definition) is 4. The zero-order chi connectivity index (χ0) is 15.5. The monoisotopic (exact) mass is 318 g/mol. The van der Waals surface area contributed by atoms with E-state index in [1.807, 2.05) is 6.20 Å². The number of alkyl halides is 1. The molecule has 1 saturated heterocycles. The van der Waals surface area contributed by atoms with Crippen LogP contribution in [0.4, 0.5) is 4.39 Å². The summed E-state index contributed by atoms with van der Waals surface area (Å²) in [6.45, 7) is 1.90. The highest BCUT2D eigenvalue weighted by molar-refractivity contribution is 7.89. The summed E-state index contributed by atoms with van der Waals surface area (Å²) in [7, 11) is -0.0500. The molecule has 8 heteroatoms. The van der Waals surface area contributed by atoms with Crippen molar-refractivity contribution in [1.82, 2.24) is 19.0 Å². The van der Waals surface area contributed by atoms with Crippen LogP contribution in [0.25, 0.3) is 0 Å². The van der Waals surface area contributed by atoms with E-state index in [9.17, 15) is 12.8 Å². The Morgan fingerprint density at radius 3 is 2.90 bits per heavy atom. The van der Waals surface area contributed by atoms with Crippen molar-refractivity contribution in [2.24, 2.45) is 0 Å². The molecule has 0 aromatic carbocycles. The molecule has 1 aliphatic rings. The van der Waals surface area contributed by atoms with Gasteiger partial charge in [-0.15, -0.1) is 0 Å². The Morgan fingerprint density at radius 2 is 2.24 bits per heavy atom. The van der Waals surface area contributed by atoms with Crippen molar-refractivity contribution in [3.8, 4) is 0 Å². The number of sulfonamides is 1. The Labute approximate surface area is 125 Å². The summed E-state index contributed by atoms with van der Waals surface area (Å²) in [6, 6.07) is 0. The third-order valence-electron chi connectivity index (χ3n) is 3.80. The number of aromatic nitrogens is 2. The molecular weight excluding hydrogens is 295 g/mol. The lowest BCUT2D eigenvalue weighted by atomic mass is 10.1. The Hall–Kier alpha value is -0.990. The normalized spacial score (nSPS) is 21.0. The second-order valence-corrected chi connectivity index (χ2v) is 8.05. The molecular formula is C13H23FN4O2S. The minimum Gasteiger partial charge on any atom is -0.298 e. The quantitative estimate of drug-likeness (QED) is 0.775. The number of likely N-dealkylation sites (tertiary alicyclic amines) is 1. The summed E-state index contributed by atoms with van der Waals surface area (Å²) in [5, 5.41) is 3.75. The first-order valence-corrected chi connectivity index (χ1v) is 8.65. The van der Waals surface area contributed by atoms with Crippen molar-refractivity contribution in [3.63, 3.8) is 0 Å². The van der Waals surface area contributed by atoms with Gasteiger partial charge in [-0.3, -0.25) is 9.58 Å². The van der Waals surface area contributed by atoms with Crippen LogP contribution in [-0.4, -0.2) is 66.5 Å². The number of aryl methyl sites for hydroxylation is 1. The molecule has 0 aliphatic carbocycles. The highest BCUT2D eigenvalue weighted by Gasteiger charge is 2.32. The third kappa shape index (κ3) is 4.02. The first-order valence-electron chi connectivity index (χ1n) is 7.14. The van der Waals surface area contributed by atoms with Gasteiger partial charge in [-0.2, -0.15) is 5.10 Å². The van der Waals surface area contributed by atoms with Gasteiger partial charge in [0.15, 0.2) is 0 Å². The van der Waals surface area contributed by atoms with Crippen LogP contribution in [0.3, 0.4) is 0 Å². The molecule has 2 rings (SSSR count). The van der Waals surface area contributed by atoms with Crippen LogP contribution in [0.15, 0.2) is 12.4 Å². The molecule has 0 amide bonds. The SMILES string of the molecule is CN(C)S(=O)(=O)C1CCCN(Cc2cnn(CCF)c2)C1.